The SMILES string of the molecule is Cc1nc(C)n(C[C@H]2CCCN(Cc3nnc(-c4ccco4)o3)C2)n1. The molecule has 1 aliphatic rings. The Kier molecular flexibility index (Phi) is 4.35. The third-order valence-electron chi connectivity index (χ3n) is 4.55. The maximum Gasteiger partial charge on any atom is 0.283 e. The van der Waals surface area contributed by atoms with Gasteiger partial charge in [0.15, 0.2) is 5.76 Å². The first-order valence-corrected chi connectivity index (χ1v) is 8.64. The maximum atomic E-state index is 5.72. The molecule has 0 unspecified atom stereocenters. The van der Waals surface area contributed by atoms with Crippen LogP contribution in [0.4, 0.5) is 0 Å². The lowest BCUT2D eigenvalue weighted by atomic mass is 9.98. The van der Waals surface area contributed by atoms with Crippen molar-refractivity contribution in [1.82, 2.24) is 29.9 Å². The molecule has 0 aromatic carbocycles. The fraction of sp³-hybridized carbons (Fsp3) is 0.529. The molecule has 132 valence electrons. The summed E-state index contributed by atoms with van der Waals surface area (Å²) >= 11 is 0. The van der Waals surface area contributed by atoms with Gasteiger partial charge in [-0.15, -0.1) is 10.2 Å². The van der Waals surface area contributed by atoms with Crippen LogP contribution in [0.2, 0.25) is 0 Å². The predicted octanol–water partition coefficient (Wildman–Crippen LogP) is 2.45. The Bertz CT molecular complexity index is 822. The van der Waals surface area contributed by atoms with Gasteiger partial charge in [0, 0.05) is 13.1 Å². The Labute approximate surface area is 145 Å². The normalized spacial score (nSPS) is 18.7. The third-order valence-corrected chi connectivity index (χ3v) is 4.55. The number of furan rings is 1. The van der Waals surface area contributed by atoms with Gasteiger partial charge >= 0.3 is 0 Å². The minimum absolute atomic E-state index is 0.433. The van der Waals surface area contributed by atoms with Gasteiger partial charge in [-0.05, 0) is 51.3 Å². The molecule has 0 spiro atoms. The summed E-state index contributed by atoms with van der Waals surface area (Å²) in [6.07, 6.45) is 3.97. The van der Waals surface area contributed by atoms with Gasteiger partial charge in [0.2, 0.25) is 5.89 Å². The van der Waals surface area contributed by atoms with Crippen molar-refractivity contribution in [3.63, 3.8) is 0 Å². The largest absolute Gasteiger partial charge is 0.459 e. The van der Waals surface area contributed by atoms with Crippen molar-refractivity contribution < 1.29 is 8.83 Å². The second kappa shape index (κ2) is 6.79. The minimum atomic E-state index is 0.433. The molecular formula is C17H22N6O2. The molecule has 0 radical (unpaired) electrons. The van der Waals surface area contributed by atoms with Gasteiger partial charge in [-0.1, -0.05) is 0 Å². The lowest BCUT2D eigenvalue weighted by Crippen LogP contribution is -2.37. The van der Waals surface area contributed by atoms with E-state index in [2.05, 4.69) is 25.2 Å². The molecule has 0 bridgehead atoms. The molecule has 1 aliphatic heterocycles. The molecule has 1 saturated heterocycles. The number of aromatic nitrogens is 5. The van der Waals surface area contributed by atoms with Crippen LogP contribution in [0, 0.1) is 19.8 Å². The fourth-order valence-corrected chi connectivity index (χ4v) is 3.43. The number of hydrogen-bond acceptors (Lipinski definition) is 7. The van der Waals surface area contributed by atoms with Crippen LogP contribution in [0.15, 0.2) is 27.2 Å². The number of aryl methyl sites for hydroxylation is 2. The molecule has 4 rings (SSSR count). The molecule has 4 heterocycles. The topological polar surface area (TPSA) is 86.0 Å². The van der Waals surface area contributed by atoms with Gasteiger partial charge in [-0.2, -0.15) is 5.10 Å². The quantitative estimate of drug-likeness (QED) is 0.704. The van der Waals surface area contributed by atoms with Crippen molar-refractivity contribution in [2.45, 2.75) is 39.8 Å². The molecule has 0 N–H and O–H groups in total. The van der Waals surface area contributed by atoms with Crippen molar-refractivity contribution in [2.75, 3.05) is 13.1 Å². The molecule has 8 nitrogen and oxygen atoms in total. The summed E-state index contributed by atoms with van der Waals surface area (Å²) in [6.45, 7) is 7.56. The zero-order chi connectivity index (χ0) is 17.2. The van der Waals surface area contributed by atoms with Crippen LogP contribution in [0.3, 0.4) is 0 Å². The summed E-state index contributed by atoms with van der Waals surface area (Å²) in [7, 11) is 0. The summed E-state index contributed by atoms with van der Waals surface area (Å²) < 4.78 is 13.0. The molecule has 0 aliphatic carbocycles. The monoisotopic (exact) mass is 342 g/mol. The highest BCUT2D eigenvalue weighted by molar-refractivity contribution is 5.42. The lowest BCUT2D eigenvalue weighted by molar-refractivity contribution is 0.141. The molecule has 3 aromatic heterocycles. The van der Waals surface area contributed by atoms with Crippen LogP contribution < -0.4 is 0 Å². The van der Waals surface area contributed by atoms with E-state index >= 15 is 0 Å². The van der Waals surface area contributed by atoms with Crippen LogP contribution in [-0.2, 0) is 13.1 Å². The number of hydrogen-bond donors (Lipinski definition) is 0. The highest BCUT2D eigenvalue weighted by atomic mass is 16.4. The third kappa shape index (κ3) is 3.63. The number of piperidine rings is 1. The van der Waals surface area contributed by atoms with E-state index in [-0.39, 0.29) is 0 Å². The second-order valence-electron chi connectivity index (χ2n) is 6.61. The second-order valence-corrected chi connectivity index (χ2v) is 6.61. The molecule has 1 fully saturated rings. The van der Waals surface area contributed by atoms with Crippen molar-refractivity contribution in [3.05, 3.63) is 35.9 Å². The van der Waals surface area contributed by atoms with E-state index in [1.165, 1.54) is 6.42 Å². The van der Waals surface area contributed by atoms with E-state index in [1.54, 1.807) is 6.26 Å². The van der Waals surface area contributed by atoms with Gasteiger partial charge in [0.1, 0.15) is 11.6 Å². The first-order valence-electron chi connectivity index (χ1n) is 8.64. The highest BCUT2D eigenvalue weighted by Crippen LogP contribution is 2.22. The lowest BCUT2D eigenvalue weighted by Gasteiger charge is -2.31. The molecule has 1 atom stereocenters. The average molecular weight is 342 g/mol. The number of nitrogens with zero attached hydrogens (tertiary/aromatic N) is 6. The summed E-state index contributed by atoms with van der Waals surface area (Å²) in [5, 5.41) is 12.7. The molecule has 8 heteroatoms. The van der Waals surface area contributed by atoms with Crippen LogP contribution in [-0.4, -0.2) is 43.0 Å². The van der Waals surface area contributed by atoms with Crippen molar-refractivity contribution >= 4 is 0 Å². The molecule has 25 heavy (non-hydrogen) atoms. The van der Waals surface area contributed by atoms with Crippen LogP contribution in [0.25, 0.3) is 11.7 Å². The van der Waals surface area contributed by atoms with E-state index in [0.29, 0.717) is 30.0 Å². The van der Waals surface area contributed by atoms with Crippen LogP contribution in [0.1, 0.15) is 30.4 Å². The van der Waals surface area contributed by atoms with Gasteiger partial charge in [-0.25, -0.2) is 9.67 Å². The van der Waals surface area contributed by atoms with Gasteiger partial charge in [0.25, 0.3) is 5.89 Å². The van der Waals surface area contributed by atoms with E-state index in [0.717, 1.165) is 37.7 Å². The first-order chi connectivity index (χ1) is 12.2. The Hall–Kier alpha value is -2.48. The Morgan fingerprint density at radius 1 is 1.28 bits per heavy atom. The van der Waals surface area contributed by atoms with Gasteiger partial charge in [0.05, 0.1) is 12.8 Å². The average Bonchev–Trinajstić information content (AvgIpc) is 3.30. The van der Waals surface area contributed by atoms with Crippen molar-refractivity contribution in [3.8, 4) is 11.7 Å². The van der Waals surface area contributed by atoms with Gasteiger partial charge < -0.3 is 8.83 Å². The minimum Gasteiger partial charge on any atom is -0.459 e. The molecule has 0 amide bonds. The fourth-order valence-electron chi connectivity index (χ4n) is 3.43. The van der Waals surface area contributed by atoms with E-state index in [9.17, 15) is 0 Å². The maximum absolute atomic E-state index is 5.72. The first kappa shape index (κ1) is 16.0. The highest BCUT2D eigenvalue weighted by Gasteiger charge is 2.23. The van der Waals surface area contributed by atoms with E-state index in [1.807, 2.05) is 30.7 Å². The number of rotatable bonds is 5. The summed E-state index contributed by atoms with van der Waals surface area (Å²) in [6, 6.07) is 3.62. The van der Waals surface area contributed by atoms with Crippen LogP contribution >= 0.6 is 0 Å². The number of likely N-dealkylation sites (tertiary alicyclic amines) is 1. The summed E-state index contributed by atoms with van der Waals surface area (Å²) in [5.74, 6) is 4.03. The summed E-state index contributed by atoms with van der Waals surface area (Å²) in [5.41, 5.74) is 0. The summed E-state index contributed by atoms with van der Waals surface area (Å²) in [4.78, 5) is 6.75. The van der Waals surface area contributed by atoms with Crippen LogP contribution in [0.5, 0.6) is 0 Å². The smallest absolute Gasteiger partial charge is 0.283 e. The van der Waals surface area contributed by atoms with Crippen molar-refractivity contribution in [1.29, 1.82) is 0 Å². The standard InChI is InChI=1S/C17H22N6O2/c1-12-18-13(2)23(21-12)10-14-5-3-7-22(9-14)11-16-19-20-17(25-16)15-6-4-8-24-15/h4,6,8,14H,3,5,7,9-11H2,1-2H3/t14-/m0/s1. The Morgan fingerprint density at radius 2 is 2.20 bits per heavy atom. The van der Waals surface area contributed by atoms with E-state index in [4.69, 9.17) is 8.83 Å². The predicted molar refractivity (Wildman–Crippen MR) is 89.5 cm³/mol. The zero-order valence-electron chi connectivity index (χ0n) is 14.6. The van der Waals surface area contributed by atoms with Gasteiger partial charge in [-0.3, -0.25) is 4.90 Å². The zero-order valence-corrected chi connectivity index (χ0v) is 14.6. The molecule has 3 aromatic rings. The van der Waals surface area contributed by atoms with Crippen molar-refractivity contribution in [2.24, 2.45) is 5.92 Å². The molecular weight excluding hydrogens is 320 g/mol. The Morgan fingerprint density at radius 3 is 2.96 bits per heavy atom. The molecule has 0 saturated carbocycles. The Balaban J connectivity index is 1.37. The van der Waals surface area contributed by atoms with E-state index < -0.39 is 0 Å².